The van der Waals surface area contributed by atoms with Crippen LogP contribution in [0.1, 0.15) is 32.9 Å². The van der Waals surface area contributed by atoms with Gasteiger partial charge in [-0.25, -0.2) is 4.79 Å². The largest absolute Gasteiger partial charge is 0.479 e. The molecule has 0 amide bonds. The van der Waals surface area contributed by atoms with E-state index in [0.717, 1.165) is 0 Å². The fourth-order valence-corrected chi connectivity index (χ4v) is 1.14. The zero-order valence-electron chi connectivity index (χ0n) is 9.49. The molecule has 1 aromatic heterocycles. The molecule has 0 aliphatic heterocycles. The zero-order valence-corrected chi connectivity index (χ0v) is 9.49. The Morgan fingerprint density at radius 1 is 1.50 bits per heavy atom. The van der Waals surface area contributed by atoms with Gasteiger partial charge in [-0.05, 0) is 20.8 Å². The van der Waals surface area contributed by atoms with E-state index < -0.39 is 23.3 Å². The average molecular weight is 229 g/mol. The van der Waals surface area contributed by atoms with Crippen LogP contribution in [-0.4, -0.2) is 21.7 Å². The van der Waals surface area contributed by atoms with Gasteiger partial charge in [-0.3, -0.25) is 9.78 Å². The third kappa shape index (κ3) is 3.80. The first kappa shape index (κ1) is 12.4. The molecule has 0 spiro atoms. The lowest BCUT2D eigenvalue weighted by Crippen LogP contribution is -2.24. The minimum atomic E-state index is -0.739. The summed E-state index contributed by atoms with van der Waals surface area (Å²) in [5.74, 6) is -1.61. The van der Waals surface area contributed by atoms with E-state index in [4.69, 9.17) is 9.84 Å². The van der Waals surface area contributed by atoms with Crippen molar-refractivity contribution >= 4 is 5.97 Å². The van der Waals surface area contributed by atoms with Crippen LogP contribution in [0.5, 0.6) is 5.95 Å². The Balaban J connectivity index is 2.49. The van der Waals surface area contributed by atoms with Crippen molar-refractivity contribution in [3.63, 3.8) is 0 Å². The number of H-pyrrole nitrogens is 1. The van der Waals surface area contributed by atoms with Crippen molar-refractivity contribution in [3.8, 4) is 5.95 Å². The topological polar surface area (TPSA) is 92.5 Å². The molecule has 1 aromatic rings. The smallest absolute Gasteiger partial charge is 0.419 e. The van der Waals surface area contributed by atoms with Crippen LogP contribution >= 0.6 is 0 Å². The van der Waals surface area contributed by atoms with Gasteiger partial charge in [0.25, 0.3) is 0 Å². The van der Waals surface area contributed by atoms with E-state index in [1.54, 1.807) is 20.8 Å². The number of hydrogen-bond acceptors (Lipinski definition) is 5. The van der Waals surface area contributed by atoms with Crippen molar-refractivity contribution in [2.75, 3.05) is 0 Å². The number of carbonyl (C=O) groups is 1. The third-order valence-electron chi connectivity index (χ3n) is 1.70. The first-order valence-corrected chi connectivity index (χ1v) is 4.91. The Hall–Kier alpha value is -1.72. The highest BCUT2D eigenvalue weighted by Crippen LogP contribution is 2.15. The summed E-state index contributed by atoms with van der Waals surface area (Å²) in [6.07, 6.45) is 0.243. The molecule has 0 saturated heterocycles. The summed E-state index contributed by atoms with van der Waals surface area (Å²) >= 11 is 0. The van der Waals surface area contributed by atoms with Gasteiger partial charge in [0.15, 0.2) is 0 Å². The van der Waals surface area contributed by atoms with E-state index in [9.17, 15) is 9.59 Å². The SMILES string of the molecule is CC(C)(C)OC(=O)CCc1[nH]c(=O)oc1O. The fraction of sp³-hybridized carbons (Fsp3) is 0.600. The maximum absolute atomic E-state index is 11.3. The quantitative estimate of drug-likeness (QED) is 0.753. The van der Waals surface area contributed by atoms with Crippen molar-refractivity contribution in [1.29, 1.82) is 0 Å². The summed E-state index contributed by atoms with van der Waals surface area (Å²) in [5, 5.41) is 9.13. The third-order valence-corrected chi connectivity index (χ3v) is 1.70. The van der Waals surface area contributed by atoms with E-state index >= 15 is 0 Å². The molecule has 0 fully saturated rings. The molecular formula is C10H15NO5. The molecule has 1 rings (SSSR count). The number of aromatic amines is 1. The van der Waals surface area contributed by atoms with E-state index in [-0.39, 0.29) is 18.5 Å². The summed E-state index contributed by atoms with van der Waals surface area (Å²) in [6, 6.07) is 0. The predicted molar refractivity (Wildman–Crippen MR) is 55.2 cm³/mol. The standard InChI is InChI=1S/C10H15NO5/c1-10(2,3)16-7(12)5-4-6-8(13)15-9(14)11-6/h13H,4-5H2,1-3H3,(H,11,14). The van der Waals surface area contributed by atoms with Gasteiger partial charge in [0.2, 0.25) is 0 Å². The van der Waals surface area contributed by atoms with Crippen LogP contribution in [0.4, 0.5) is 0 Å². The Bertz CT molecular complexity index is 423. The average Bonchev–Trinajstić information content (AvgIpc) is 2.38. The predicted octanol–water partition coefficient (Wildman–Crippen LogP) is 0.948. The number of esters is 1. The van der Waals surface area contributed by atoms with Gasteiger partial charge in [0, 0.05) is 6.42 Å². The normalized spacial score (nSPS) is 11.4. The first-order valence-electron chi connectivity index (χ1n) is 4.91. The molecule has 6 heteroatoms. The summed E-state index contributed by atoms with van der Waals surface area (Å²) in [7, 11) is 0. The first-order chi connectivity index (χ1) is 7.28. The second kappa shape index (κ2) is 4.42. The van der Waals surface area contributed by atoms with Gasteiger partial charge < -0.3 is 14.3 Å². The van der Waals surface area contributed by atoms with E-state index in [0.29, 0.717) is 0 Å². The Morgan fingerprint density at radius 3 is 2.56 bits per heavy atom. The van der Waals surface area contributed by atoms with Gasteiger partial charge >= 0.3 is 17.7 Å². The summed E-state index contributed by atoms with van der Waals surface area (Å²) in [4.78, 5) is 24.3. The van der Waals surface area contributed by atoms with Crippen LogP contribution in [-0.2, 0) is 16.0 Å². The van der Waals surface area contributed by atoms with Crippen LogP contribution < -0.4 is 5.76 Å². The highest BCUT2D eigenvalue weighted by Gasteiger charge is 2.17. The number of carbonyl (C=O) groups excluding carboxylic acids is 1. The van der Waals surface area contributed by atoms with Crippen LogP contribution in [0.25, 0.3) is 0 Å². The Morgan fingerprint density at radius 2 is 2.12 bits per heavy atom. The van der Waals surface area contributed by atoms with Gasteiger partial charge in [-0.1, -0.05) is 0 Å². The maximum Gasteiger partial charge on any atom is 0.419 e. The van der Waals surface area contributed by atoms with Crippen molar-refractivity contribution in [2.45, 2.75) is 39.2 Å². The Kier molecular flexibility index (Phi) is 3.41. The molecule has 0 bridgehead atoms. The maximum atomic E-state index is 11.3. The lowest BCUT2D eigenvalue weighted by molar-refractivity contribution is -0.154. The molecule has 0 atom stereocenters. The summed E-state index contributed by atoms with van der Waals surface area (Å²) in [6.45, 7) is 5.30. The number of rotatable bonds is 3. The molecular weight excluding hydrogens is 214 g/mol. The highest BCUT2D eigenvalue weighted by molar-refractivity contribution is 5.70. The zero-order chi connectivity index (χ0) is 12.3. The molecule has 16 heavy (non-hydrogen) atoms. The summed E-state index contributed by atoms with van der Waals surface area (Å²) in [5.41, 5.74) is -0.334. The molecule has 2 N–H and O–H groups in total. The van der Waals surface area contributed by atoms with E-state index in [2.05, 4.69) is 9.40 Å². The van der Waals surface area contributed by atoms with E-state index in [1.165, 1.54) is 0 Å². The minimum Gasteiger partial charge on any atom is -0.479 e. The molecule has 0 aliphatic rings. The lowest BCUT2D eigenvalue weighted by atomic mass is 10.2. The van der Waals surface area contributed by atoms with E-state index in [1.807, 2.05) is 0 Å². The van der Waals surface area contributed by atoms with Gasteiger partial charge in [0.1, 0.15) is 11.3 Å². The molecule has 6 nitrogen and oxygen atoms in total. The molecule has 0 radical (unpaired) electrons. The number of aryl methyl sites for hydroxylation is 1. The Labute approximate surface area is 92.2 Å². The lowest BCUT2D eigenvalue weighted by Gasteiger charge is -2.19. The molecule has 0 unspecified atom stereocenters. The highest BCUT2D eigenvalue weighted by atomic mass is 16.6. The minimum absolute atomic E-state index is 0.0697. The number of nitrogens with one attached hydrogen (secondary N) is 1. The second-order valence-corrected chi connectivity index (χ2v) is 4.38. The molecule has 0 aliphatic carbocycles. The van der Waals surface area contributed by atoms with Gasteiger partial charge in [0.05, 0.1) is 6.42 Å². The number of ether oxygens (including phenoxy) is 1. The van der Waals surface area contributed by atoms with Gasteiger partial charge in [-0.2, -0.15) is 0 Å². The fourth-order valence-electron chi connectivity index (χ4n) is 1.14. The number of oxazole rings is 1. The van der Waals surface area contributed by atoms with Gasteiger partial charge in [-0.15, -0.1) is 0 Å². The molecule has 0 aromatic carbocycles. The molecule has 90 valence electrons. The molecule has 0 saturated carbocycles. The molecule has 1 heterocycles. The summed E-state index contributed by atoms with van der Waals surface area (Å²) < 4.78 is 9.40. The monoisotopic (exact) mass is 229 g/mol. The van der Waals surface area contributed by atoms with Crippen LogP contribution in [0.2, 0.25) is 0 Å². The van der Waals surface area contributed by atoms with Crippen LogP contribution in [0.15, 0.2) is 9.21 Å². The van der Waals surface area contributed by atoms with Crippen molar-refractivity contribution < 1.29 is 19.1 Å². The van der Waals surface area contributed by atoms with Crippen LogP contribution in [0.3, 0.4) is 0 Å². The number of aromatic hydroxyl groups is 1. The number of hydrogen-bond donors (Lipinski definition) is 2. The van der Waals surface area contributed by atoms with Crippen molar-refractivity contribution in [3.05, 3.63) is 16.2 Å². The van der Waals surface area contributed by atoms with Crippen LogP contribution in [0, 0.1) is 0 Å². The van der Waals surface area contributed by atoms with Crippen molar-refractivity contribution in [2.24, 2.45) is 0 Å². The number of aromatic nitrogens is 1. The van der Waals surface area contributed by atoms with Crippen molar-refractivity contribution in [1.82, 2.24) is 4.98 Å². The second-order valence-electron chi connectivity index (χ2n) is 4.38.